The molecule has 42 heavy (non-hydrogen) atoms. The number of nitrogens with one attached hydrogen (secondary N) is 2. The Morgan fingerprint density at radius 3 is 2.07 bits per heavy atom. The van der Waals surface area contributed by atoms with Gasteiger partial charge in [0.1, 0.15) is 16.9 Å². The van der Waals surface area contributed by atoms with Gasteiger partial charge >= 0.3 is 12.1 Å². The van der Waals surface area contributed by atoms with Crippen LogP contribution in [0.5, 0.6) is 0 Å². The molecule has 0 aliphatic carbocycles. The zero-order valence-electron chi connectivity index (χ0n) is 25.2. The van der Waals surface area contributed by atoms with E-state index in [4.69, 9.17) is 9.47 Å². The van der Waals surface area contributed by atoms with Crippen molar-refractivity contribution < 1.29 is 23.9 Å². The highest BCUT2D eigenvalue weighted by Crippen LogP contribution is 2.29. The largest absolute Gasteiger partial charge is 0.456 e. The van der Waals surface area contributed by atoms with Gasteiger partial charge in [0.05, 0.1) is 17.4 Å². The molecule has 2 amide bonds. The second-order valence-corrected chi connectivity index (χ2v) is 12.4. The third kappa shape index (κ3) is 8.55. The fourth-order valence-electron chi connectivity index (χ4n) is 4.62. The summed E-state index contributed by atoms with van der Waals surface area (Å²) in [6, 6.07) is 18.3. The van der Waals surface area contributed by atoms with Gasteiger partial charge < -0.3 is 25.0 Å². The molecule has 1 aliphatic heterocycles. The van der Waals surface area contributed by atoms with E-state index < -0.39 is 23.3 Å². The van der Waals surface area contributed by atoms with Crippen LogP contribution in [0.25, 0.3) is 11.1 Å². The number of carbonyl (C=O) groups is 3. The smallest absolute Gasteiger partial charge is 0.407 e. The van der Waals surface area contributed by atoms with Crippen molar-refractivity contribution in [1.82, 2.24) is 10.3 Å². The standard InChI is InChI=1S/C33H40N4O5/c1-32(2,3)41-30(39)23-12-14-24(15-13-23)35-29(38)28-27(22-10-8-7-9-11-22)20-26(21-34-28)37-18-16-25(17-19-37)36-31(40)42-33(4,5)6/h7-15,20-21,25H,16-19H2,1-6H3,(H,35,38)(H,36,40). The number of amides is 2. The second-order valence-electron chi connectivity index (χ2n) is 12.4. The van der Waals surface area contributed by atoms with Crippen LogP contribution in [0.1, 0.15) is 75.2 Å². The zero-order valence-corrected chi connectivity index (χ0v) is 25.2. The maximum atomic E-state index is 13.4. The van der Waals surface area contributed by atoms with E-state index >= 15 is 0 Å². The first-order valence-electron chi connectivity index (χ1n) is 14.2. The highest BCUT2D eigenvalue weighted by molar-refractivity contribution is 6.07. The number of anilines is 2. The van der Waals surface area contributed by atoms with E-state index in [-0.39, 0.29) is 11.9 Å². The van der Waals surface area contributed by atoms with Crippen molar-refractivity contribution in [2.45, 2.75) is 71.6 Å². The van der Waals surface area contributed by atoms with Gasteiger partial charge in [0.25, 0.3) is 5.91 Å². The Bertz CT molecular complexity index is 1400. The van der Waals surface area contributed by atoms with E-state index in [0.717, 1.165) is 37.2 Å². The predicted octanol–water partition coefficient (Wildman–Crippen LogP) is 6.45. The Kier molecular flexibility index (Phi) is 9.19. The molecule has 3 aromatic rings. The van der Waals surface area contributed by atoms with Gasteiger partial charge in [0, 0.05) is 30.4 Å². The highest BCUT2D eigenvalue weighted by Gasteiger charge is 2.25. The van der Waals surface area contributed by atoms with Gasteiger partial charge in [0.2, 0.25) is 0 Å². The molecule has 2 N–H and O–H groups in total. The molecule has 9 nitrogen and oxygen atoms in total. The monoisotopic (exact) mass is 572 g/mol. The van der Waals surface area contributed by atoms with Crippen molar-refractivity contribution in [3.63, 3.8) is 0 Å². The molecule has 9 heteroatoms. The van der Waals surface area contributed by atoms with E-state index in [2.05, 4.69) is 20.5 Å². The molecule has 4 rings (SSSR count). The lowest BCUT2D eigenvalue weighted by molar-refractivity contribution is 0.00691. The number of hydrogen-bond acceptors (Lipinski definition) is 7. The quantitative estimate of drug-likeness (QED) is 0.327. The van der Waals surface area contributed by atoms with E-state index in [9.17, 15) is 14.4 Å². The van der Waals surface area contributed by atoms with Crippen LogP contribution >= 0.6 is 0 Å². The molecule has 0 saturated carbocycles. The number of ether oxygens (including phenoxy) is 2. The molecular weight excluding hydrogens is 532 g/mol. The number of nitrogens with zero attached hydrogens (tertiary/aromatic N) is 2. The lowest BCUT2D eigenvalue weighted by Gasteiger charge is -2.34. The zero-order chi connectivity index (χ0) is 30.5. The topological polar surface area (TPSA) is 110 Å². The number of benzene rings is 2. The van der Waals surface area contributed by atoms with Crippen LogP contribution in [-0.4, -0.2) is 53.3 Å². The molecule has 1 aliphatic rings. The summed E-state index contributed by atoms with van der Waals surface area (Å²) in [6.07, 6.45) is 2.85. The van der Waals surface area contributed by atoms with Crippen molar-refractivity contribution in [3.05, 3.63) is 78.1 Å². The van der Waals surface area contributed by atoms with E-state index in [1.54, 1.807) is 30.5 Å². The van der Waals surface area contributed by atoms with E-state index in [0.29, 0.717) is 22.5 Å². The van der Waals surface area contributed by atoms with Crippen LogP contribution in [0.4, 0.5) is 16.2 Å². The van der Waals surface area contributed by atoms with Crippen LogP contribution in [0.15, 0.2) is 66.9 Å². The fourth-order valence-corrected chi connectivity index (χ4v) is 4.62. The minimum Gasteiger partial charge on any atom is -0.456 e. The number of aromatic nitrogens is 1. The van der Waals surface area contributed by atoms with E-state index in [1.807, 2.05) is 77.9 Å². The van der Waals surface area contributed by atoms with Gasteiger partial charge in [-0.15, -0.1) is 0 Å². The average molecular weight is 573 g/mol. The molecule has 1 aromatic heterocycles. The van der Waals surface area contributed by atoms with Crippen LogP contribution in [0, 0.1) is 0 Å². The number of alkyl carbamates (subject to hydrolysis) is 1. The number of pyridine rings is 1. The summed E-state index contributed by atoms with van der Waals surface area (Å²) in [5.41, 5.74) is 2.59. The Morgan fingerprint density at radius 2 is 1.48 bits per heavy atom. The minimum absolute atomic E-state index is 0.0319. The molecular formula is C33H40N4O5. The van der Waals surface area contributed by atoms with Crippen LogP contribution < -0.4 is 15.5 Å². The van der Waals surface area contributed by atoms with Gasteiger partial charge in [-0.3, -0.25) is 4.79 Å². The first-order chi connectivity index (χ1) is 19.8. The Labute approximate surface area is 247 Å². The average Bonchev–Trinajstić information content (AvgIpc) is 2.92. The van der Waals surface area contributed by atoms with Gasteiger partial charge in [-0.2, -0.15) is 0 Å². The van der Waals surface area contributed by atoms with Crippen LogP contribution in [-0.2, 0) is 9.47 Å². The Morgan fingerprint density at radius 1 is 0.857 bits per heavy atom. The summed E-state index contributed by atoms with van der Waals surface area (Å²) in [7, 11) is 0. The summed E-state index contributed by atoms with van der Waals surface area (Å²) in [5.74, 6) is -0.778. The van der Waals surface area contributed by atoms with Gasteiger partial charge in [-0.05, 0) is 90.3 Å². The Balaban J connectivity index is 1.48. The second kappa shape index (κ2) is 12.6. The fraction of sp³-hybridized carbons (Fsp3) is 0.394. The number of esters is 1. The van der Waals surface area contributed by atoms with Crippen LogP contribution in [0.2, 0.25) is 0 Å². The van der Waals surface area contributed by atoms with Crippen LogP contribution in [0.3, 0.4) is 0 Å². The number of hydrogen-bond donors (Lipinski definition) is 2. The van der Waals surface area contributed by atoms with Crippen molar-refractivity contribution >= 4 is 29.3 Å². The lowest BCUT2D eigenvalue weighted by atomic mass is 10.0. The van der Waals surface area contributed by atoms with Crippen molar-refractivity contribution in [3.8, 4) is 11.1 Å². The summed E-state index contributed by atoms with van der Waals surface area (Å²) in [4.78, 5) is 44.8. The molecule has 2 aromatic carbocycles. The highest BCUT2D eigenvalue weighted by atomic mass is 16.6. The third-order valence-electron chi connectivity index (χ3n) is 6.53. The molecule has 0 radical (unpaired) electrons. The molecule has 0 spiro atoms. The van der Waals surface area contributed by atoms with Crippen molar-refractivity contribution in [1.29, 1.82) is 0 Å². The van der Waals surface area contributed by atoms with Crippen molar-refractivity contribution in [2.24, 2.45) is 0 Å². The van der Waals surface area contributed by atoms with Gasteiger partial charge in [-0.25, -0.2) is 14.6 Å². The number of carbonyl (C=O) groups excluding carboxylic acids is 3. The maximum Gasteiger partial charge on any atom is 0.407 e. The predicted molar refractivity (Wildman–Crippen MR) is 164 cm³/mol. The summed E-state index contributed by atoms with van der Waals surface area (Å²) in [5, 5.41) is 5.87. The first kappa shape index (κ1) is 30.6. The summed E-state index contributed by atoms with van der Waals surface area (Å²) in [6.45, 7) is 12.4. The third-order valence-corrected chi connectivity index (χ3v) is 6.53. The lowest BCUT2D eigenvalue weighted by Crippen LogP contribution is -2.46. The molecule has 0 atom stereocenters. The molecule has 0 unspecified atom stereocenters. The normalized spacial score (nSPS) is 14.2. The number of rotatable bonds is 6. The summed E-state index contributed by atoms with van der Waals surface area (Å²) < 4.78 is 10.8. The van der Waals surface area contributed by atoms with Crippen molar-refractivity contribution in [2.75, 3.05) is 23.3 Å². The van der Waals surface area contributed by atoms with Gasteiger partial charge in [-0.1, -0.05) is 30.3 Å². The molecule has 0 bridgehead atoms. The molecule has 1 saturated heterocycles. The van der Waals surface area contributed by atoms with E-state index in [1.165, 1.54) is 0 Å². The molecule has 1 fully saturated rings. The first-order valence-corrected chi connectivity index (χ1v) is 14.2. The minimum atomic E-state index is -0.595. The molecule has 222 valence electrons. The number of piperidine rings is 1. The summed E-state index contributed by atoms with van der Waals surface area (Å²) >= 11 is 0. The van der Waals surface area contributed by atoms with Gasteiger partial charge in [0.15, 0.2) is 0 Å². The SMILES string of the molecule is CC(C)(C)OC(=O)NC1CCN(c2cnc(C(=O)Nc3ccc(C(=O)OC(C)(C)C)cc3)c(-c3ccccc3)c2)CC1. The maximum absolute atomic E-state index is 13.4. The molecule has 2 heterocycles. The Hall–Kier alpha value is -4.40.